The molecule has 0 unspecified atom stereocenters. The van der Waals surface area contributed by atoms with Gasteiger partial charge in [0.1, 0.15) is 13.2 Å². The van der Waals surface area contributed by atoms with Crippen LogP contribution < -0.4 is 10.4 Å². The van der Waals surface area contributed by atoms with Crippen molar-refractivity contribution in [2.24, 2.45) is 0 Å². The molecule has 206 valence electrons. The Balaban J connectivity index is 0.000000184. The van der Waals surface area contributed by atoms with Gasteiger partial charge in [-0.05, 0) is 48.2 Å². The Kier molecular flexibility index (Phi) is 9.06. The quantitative estimate of drug-likeness (QED) is 0.357. The van der Waals surface area contributed by atoms with Crippen molar-refractivity contribution >= 4 is 28.8 Å². The van der Waals surface area contributed by atoms with E-state index < -0.39 is 0 Å². The van der Waals surface area contributed by atoms with E-state index in [0.717, 1.165) is 60.2 Å². The molecule has 2 amide bonds. The zero-order valence-electron chi connectivity index (χ0n) is 22.3. The first-order valence-corrected chi connectivity index (χ1v) is 13.5. The van der Waals surface area contributed by atoms with Gasteiger partial charge in [-0.3, -0.25) is 9.99 Å². The molecular weight excluding hydrogens is 506 g/mol. The maximum Gasteiger partial charge on any atom is 0.429 e. The lowest BCUT2D eigenvalue weighted by molar-refractivity contribution is 0.0902. The number of carbonyl (C=O) groups is 2. The van der Waals surface area contributed by atoms with Gasteiger partial charge in [0.2, 0.25) is 0 Å². The standard InChI is InChI=1S/C20H19N3O2.C11H14N2O2/c24-20(25-15-16-7-2-1-3-8-16)23-14-6-13-22(23)19-11-4-10-18-17(19)9-5-12-21-18;14-11(13-8-4-7-12-13)15-9-10-5-2-1-3-6-10/h1-5,7-12H,6,13-15H2;1-3,5-6,12H,4,7-9H2. The molecule has 0 bridgehead atoms. The summed E-state index contributed by atoms with van der Waals surface area (Å²) in [6, 6.07) is 29.3. The minimum atomic E-state index is -0.317. The van der Waals surface area contributed by atoms with Crippen molar-refractivity contribution in [3.05, 3.63) is 108 Å². The number of ether oxygens (including phenoxy) is 2. The highest BCUT2D eigenvalue weighted by Crippen LogP contribution is 2.29. The number of pyridine rings is 1. The predicted octanol–water partition coefficient (Wildman–Crippen LogP) is 5.53. The van der Waals surface area contributed by atoms with Gasteiger partial charge in [0, 0.05) is 37.8 Å². The Bertz CT molecular complexity index is 1390. The molecule has 40 heavy (non-hydrogen) atoms. The van der Waals surface area contributed by atoms with E-state index in [2.05, 4.69) is 10.4 Å². The summed E-state index contributed by atoms with van der Waals surface area (Å²) in [6.45, 7) is 3.63. The van der Waals surface area contributed by atoms with Crippen LogP contribution in [0.3, 0.4) is 0 Å². The van der Waals surface area contributed by atoms with E-state index in [1.807, 2.05) is 96.0 Å². The van der Waals surface area contributed by atoms with Crippen molar-refractivity contribution in [2.75, 3.05) is 31.2 Å². The summed E-state index contributed by atoms with van der Waals surface area (Å²) in [7, 11) is 0. The molecule has 4 aromatic rings. The zero-order valence-corrected chi connectivity index (χ0v) is 22.3. The fourth-order valence-corrected chi connectivity index (χ4v) is 4.64. The second-order valence-corrected chi connectivity index (χ2v) is 9.44. The highest BCUT2D eigenvalue weighted by atomic mass is 16.6. The lowest BCUT2D eigenvalue weighted by Gasteiger charge is -2.29. The Morgan fingerprint density at radius 1 is 0.725 bits per heavy atom. The molecule has 1 aromatic heterocycles. The highest BCUT2D eigenvalue weighted by Gasteiger charge is 2.29. The third-order valence-corrected chi connectivity index (χ3v) is 6.63. The van der Waals surface area contributed by atoms with Crippen molar-refractivity contribution in [2.45, 2.75) is 26.1 Å². The van der Waals surface area contributed by atoms with E-state index in [0.29, 0.717) is 13.2 Å². The normalized spacial score (nSPS) is 14.6. The van der Waals surface area contributed by atoms with Gasteiger partial charge in [-0.1, -0.05) is 66.7 Å². The van der Waals surface area contributed by atoms with Gasteiger partial charge in [-0.2, -0.15) is 0 Å². The van der Waals surface area contributed by atoms with Crippen LogP contribution in [0.25, 0.3) is 10.9 Å². The number of amides is 2. The lowest BCUT2D eigenvalue weighted by atomic mass is 10.2. The fourth-order valence-electron chi connectivity index (χ4n) is 4.64. The van der Waals surface area contributed by atoms with Gasteiger partial charge < -0.3 is 9.47 Å². The molecule has 3 heterocycles. The molecule has 2 saturated heterocycles. The monoisotopic (exact) mass is 539 g/mol. The number of carbonyl (C=O) groups excluding carboxylic acids is 2. The third kappa shape index (κ3) is 6.86. The van der Waals surface area contributed by atoms with E-state index >= 15 is 0 Å². The SMILES string of the molecule is O=C(OCc1ccccc1)N1CCCN1.O=C(OCc1ccccc1)N1CCCN1c1cccc2ncccc12. The third-order valence-electron chi connectivity index (χ3n) is 6.63. The number of nitrogens with zero attached hydrogens (tertiary/aromatic N) is 4. The van der Waals surface area contributed by atoms with Gasteiger partial charge in [0.15, 0.2) is 0 Å². The minimum Gasteiger partial charge on any atom is -0.444 e. The van der Waals surface area contributed by atoms with Crippen LogP contribution >= 0.6 is 0 Å². The molecule has 0 spiro atoms. The van der Waals surface area contributed by atoms with Crippen LogP contribution in [0, 0.1) is 0 Å². The average molecular weight is 540 g/mol. The molecule has 0 atom stereocenters. The molecule has 1 N–H and O–H groups in total. The number of fused-ring (bicyclic) bond motifs is 1. The van der Waals surface area contributed by atoms with E-state index in [9.17, 15) is 9.59 Å². The van der Waals surface area contributed by atoms with Crippen molar-refractivity contribution in [1.29, 1.82) is 0 Å². The topological polar surface area (TPSA) is 87.2 Å². The predicted molar refractivity (Wildman–Crippen MR) is 153 cm³/mol. The smallest absolute Gasteiger partial charge is 0.429 e. The van der Waals surface area contributed by atoms with Crippen LogP contribution in [0.15, 0.2) is 97.2 Å². The summed E-state index contributed by atoms with van der Waals surface area (Å²) in [5.41, 5.74) is 6.85. The summed E-state index contributed by atoms with van der Waals surface area (Å²) in [5.74, 6) is 0. The summed E-state index contributed by atoms with van der Waals surface area (Å²) in [6.07, 6.45) is 3.07. The van der Waals surface area contributed by atoms with Crippen molar-refractivity contribution < 1.29 is 19.1 Å². The number of benzene rings is 3. The van der Waals surface area contributed by atoms with Gasteiger partial charge in [-0.15, -0.1) is 0 Å². The minimum absolute atomic E-state index is 0.279. The number of anilines is 1. The summed E-state index contributed by atoms with van der Waals surface area (Å²) in [5, 5.41) is 6.23. The van der Waals surface area contributed by atoms with Gasteiger partial charge in [-0.25, -0.2) is 25.0 Å². The average Bonchev–Trinajstić information content (AvgIpc) is 3.73. The molecule has 9 heteroatoms. The van der Waals surface area contributed by atoms with Crippen LogP contribution in [-0.4, -0.2) is 53.4 Å². The molecule has 0 saturated carbocycles. The largest absolute Gasteiger partial charge is 0.444 e. The molecule has 6 rings (SSSR count). The summed E-state index contributed by atoms with van der Waals surface area (Å²) in [4.78, 5) is 28.4. The maximum absolute atomic E-state index is 12.6. The second kappa shape index (κ2) is 13.4. The Hall–Kier alpha value is -4.63. The lowest BCUT2D eigenvalue weighted by Crippen LogP contribution is -2.41. The van der Waals surface area contributed by atoms with Crippen LogP contribution in [-0.2, 0) is 22.7 Å². The number of nitrogens with one attached hydrogen (secondary N) is 1. The number of aromatic nitrogens is 1. The molecular formula is C31H33N5O4. The van der Waals surface area contributed by atoms with Crippen molar-refractivity contribution in [3.8, 4) is 0 Å². The van der Waals surface area contributed by atoms with Gasteiger partial charge in [0.05, 0.1) is 11.2 Å². The molecule has 3 aromatic carbocycles. The first-order valence-electron chi connectivity index (χ1n) is 13.5. The number of rotatable bonds is 5. The first kappa shape index (κ1) is 27.0. The molecule has 2 aliphatic rings. The Morgan fingerprint density at radius 3 is 2.10 bits per heavy atom. The summed E-state index contributed by atoms with van der Waals surface area (Å²) < 4.78 is 10.6. The highest BCUT2D eigenvalue weighted by molar-refractivity contribution is 5.92. The first-order chi connectivity index (χ1) is 19.7. The number of hydrazine groups is 2. The van der Waals surface area contributed by atoms with Gasteiger partial charge in [0.25, 0.3) is 0 Å². The van der Waals surface area contributed by atoms with Crippen LogP contribution in [0.1, 0.15) is 24.0 Å². The Labute approximate surface area is 233 Å². The zero-order chi connectivity index (χ0) is 27.6. The molecule has 9 nitrogen and oxygen atoms in total. The Morgan fingerprint density at radius 2 is 1.43 bits per heavy atom. The fraction of sp³-hybridized carbons (Fsp3) is 0.258. The maximum atomic E-state index is 12.6. The molecule has 0 radical (unpaired) electrons. The van der Waals surface area contributed by atoms with Crippen molar-refractivity contribution in [1.82, 2.24) is 20.4 Å². The summed E-state index contributed by atoms with van der Waals surface area (Å²) >= 11 is 0. The van der Waals surface area contributed by atoms with Crippen LogP contribution in [0.4, 0.5) is 15.3 Å². The number of hydrogen-bond donors (Lipinski definition) is 1. The van der Waals surface area contributed by atoms with E-state index in [1.165, 1.54) is 5.01 Å². The molecule has 0 aliphatic carbocycles. The number of hydrogen-bond acceptors (Lipinski definition) is 7. The van der Waals surface area contributed by atoms with Crippen LogP contribution in [0.2, 0.25) is 0 Å². The van der Waals surface area contributed by atoms with Crippen LogP contribution in [0.5, 0.6) is 0 Å². The molecule has 2 fully saturated rings. The van der Waals surface area contributed by atoms with Crippen molar-refractivity contribution in [3.63, 3.8) is 0 Å². The van der Waals surface area contributed by atoms with E-state index in [4.69, 9.17) is 9.47 Å². The molecule has 2 aliphatic heterocycles. The van der Waals surface area contributed by atoms with Gasteiger partial charge >= 0.3 is 12.2 Å². The van der Waals surface area contributed by atoms with E-state index in [1.54, 1.807) is 11.2 Å². The van der Waals surface area contributed by atoms with E-state index in [-0.39, 0.29) is 18.8 Å². The second-order valence-electron chi connectivity index (χ2n) is 9.44.